The van der Waals surface area contributed by atoms with E-state index in [-0.39, 0.29) is 0 Å². The fraction of sp³-hybridized carbons (Fsp3) is 0. The van der Waals surface area contributed by atoms with Crippen molar-refractivity contribution < 1.29 is 4.42 Å². The Morgan fingerprint density at radius 2 is 1.21 bits per heavy atom. The predicted octanol–water partition coefficient (Wildman–Crippen LogP) is 8.96. The van der Waals surface area contributed by atoms with Crippen molar-refractivity contribution in [3.8, 4) is 28.7 Å². The second kappa shape index (κ2) is 8.61. The Balaban J connectivity index is 1.41. The molecular formula is C33H19BrN4O. The summed E-state index contributed by atoms with van der Waals surface area (Å²) in [7, 11) is 0. The van der Waals surface area contributed by atoms with Gasteiger partial charge in [0, 0.05) is 37.1 Å². The first kappa shape index (κ1) is 22.2. The van der Waals surface area contributed by atoms with E-state index in [9.17, 15) is 0 Å². The first-order valence-electron chi connectivity index (χ1n) is 12.7. The summed E-state index contributed by atoms with van der Waals surface area (Å²) in [5, 5.41) is 4.43. The van der Waals surface area contributed by atoms with Gasteiger partial charge in [-0.3, -0.25) is 4.57 Å². The van der Waals surface area contributed by atoms with E-state index in [1.165, 1.54) is 0 Å². The van der Waals surface area contributed by atoms with Crippen molar-refractivity contribution in [1.82, 2.24) is 19.5 Å². The number of para-hydroxylation sites is 2. The molecule has 8 aromatic rings. The zero-order chi connectivity index (χ0) is 25.9. The average Bonchev–Trinajstić information content (AvgIpc) is 3.52. The summed E-state index contributed by atoms with van der Waals surface area (Å²) < 4.78 is 9.32. The molecule has 5 nitrogen and oxygen atoms in total. The predicted molar refractivity (Wildman–Crippen MR) is 160 cm³/mol. The van der Waals surface area contributed by atoms with Gasteiger partial charge in [-0.2, -0.15) is 9.97 Å². The normalized spacial score (nSPS) is 11.7. The molecule has 184 valence electrons. The summed E-state index contributed by atoms with van der Waals surface area (Å²) in [6.45, 7) is 0. The minimum absolute atomic E-state index is 0.567. The molecule has 0 amide bonds. The van der Waals surface area contributed by atoms with Gasteiger partial charge in [0.15, 0.2) is 11.6 Å². The molecule has 0 unspecified atom stereocenters. The molecule has 0 spiro atoms. The van der Waals surface area contributed by atoms with Crippen LogP contribution in [0.5, 0.6) is 0 Å². The van der Waals surface area contributed by atoms with Gasteiger partial charge in [0.05, 0.1) is 11.0 Å². The lowest BCUT2D eigenvalue weighted by atomic mass is 10.1. The maximum atomic E-state index is 6.18. The van der Waals surface area contributed by atoms with Crippen molar-refractivity contribution in [2.24, 2.45) is 0 Å². The second-order valence-corrected chi connectivity index (χ2v) is 10.4. The third kappa shape index (κ3) is 3.56. The van der Waals surface area contributed by atoms with Crippen molar-refractivity contribution in [2.45, 2.75) is 0 Å². The summed E-state index contributed by atoms with van der Waals surface area (Å²) in [4.78, 5) is 15.0. The molecule has 6 heteroatoms. The van der Waals surface area contributed by atoms with Crippen LogP contribution in [0.15, 0.2) is 124 Å². The van der Waals surface area contributed by atoms with Crippen molar-refractivity contribution >= 4 is 59.7 Å². The Labute approximate surface area is 231 Å². The van der Waals surface area contributed by atoms with E-state index in [1.807, 2.05) is 66.7 Å². The zero-order valence-corrected chi connectivity index (χ0v) is 22.1. The number of hydrogen-bond donors (Lipinski definition) is 0. The van der Waals surface area contributed by atoms with Crippen LogP contribution in [0.25, 0.3) is 72.5 Å². The highest BCUT2D eigenvalue weighted by atomic mass is 79.9. The molecular weight excluding hydrogens is 548 g/mol. The molecule has 39 heavy (non-hydrogen) atoms. The fourth-order valence-corrected chi connectivity index (χ4v) is 5.70. The standard InChI is InChI=1S/C33H19BrN4O/c34-22-15-17-28-26(19-22)23-10-4-6-12-27(23)38(28)33-36-31(20-8-2-1-3-9-20)35-32(37-33)21-14-16-25-24-11-5-7-13-29(24)39-30(25)18-21/h1-19H. The van der Waals surface area contributed by atoms with Crippen molar-refractivity contribution in [3.05, 3.63) is 120 Å². The highest BCUT2D eigenvalue weighted by Crippen LogP contribution is 2.35. The van der Waals surface area contributed by atoms with Gasteiger partial charge in [0.2, 0.25) is 5.95 Å². The molecule has 0 saturated carbocycles. The van der Waals surface area contributed by atoms with Crippen molar-refractivity contribution in [1.29, 1.82) is 0 Å². The van der Waals surface area contributed by atoms with Crippen molar-refractivity contribution in [2.75, 3.05) is 0 Å². The number of fused-ring (bicyclic) bond motifs is 6. The lowest BCUT2D eigenvalue weighted by molar-refractivity contribution is 0.669. The molecule has 0 radical (unpaired) electrons. The Kier molecular flexibility index (Phi) is 4.90. The summed E-state index contributed by atoms with van der Waals surface area (Å²) in [5.74, 6) is 1.77. The summed E-state index contributed by atoms with van der Waals surface area (Å²) in [6.07, 6.45) is 0. The minimum atomic E-state index is 0.567. The number of rotatable bonds is 3. The van der Waals surface area contributed by atoms with Gasteiger partial charge in [0.25, 0.3) is 0 Å². The maximum Gasteiger partial charge on any atom is 0.238 e. The molecule has 0 atom stereocenters. The first-order chi connectivity index (χ1) is 19.2. The highest BCUT2D eigenvalue weighted by Gasteiger charge is 2.18. The summed E-state index contributed by atoms with van der Waals surface area (Å²) in [5.41, 5.74) is 5.53. The van der Waals surface area contributed by atoms with Gasteiger partial charge in [0.1, 0.15) is 11.2 Å². The Morgan fingerprint density at radius 3 is 2.08 bits per heavy atom. The Morgan fingerprint density at radius 1 is 0.513 bits per heavy atom. The van der Waals surface area contributed by atoms with Crippen LogP contribution in [0.1, 0.15) is 0 Å². The molecule has 0 bridgehead atoms. The Hall–Kier alpha value is -4.81. The van der Waals surface area contributed by atoms with Crippen LogP contribution in [-0.4, -0.2) is 19.5 Å². The van der Waals surface area contributed by atoms with E-state index in [0.717, 1.165) is 59.3 Å². The number of hydrogen-bond acceptors (Lipinski definition) is 4. The van der Waals surface area contributed by atoms with E-state index in [1.54, 1.807) is 0 Å². The third-order valence-corrected chi connectivity index (χ3v) is 7.62. The van der Waals surface area contributed by atoms with Gasteiger partial charge in [-0.25, -0.2) is 4.98 Å². The van der Waals surface area contributed by atoms with Crippen LogP contribution in [0.2, 0.25) is 0 Å². The van der Waals surface area contributed by atoms with E-state index >= 15 is 0 Å². The van der Waals surface area contributed by atoms with Gasteiger partial charge in [-0.1, -0.05) is 88.7 Å². The smallest absolute Gasteiger partial charge is 0.238 e. The molecule has 3 heterocycles. The van der Waals surface area contributed by atoms with E-state index in [0.29, 0.717) is 17.6 Å². The van der Waals surface area contributed by atoms with Crippen LogP contribution >= 0.6 is 15.9 Å². The molecule has 0 saturated heterocycles. The highest BCUT2D eigenvalue weighted by molar-refractivity contribution is 9.10. The topological polar surface area (TPSA) is 56.7 Å². The van der Waals surface area contributed by atoms with Crippen LogP contribution in [0, 0.1) is 0 Å². The lowest BCUT2D eigenvalue weighted by Crippen LogP contribution is -2.06. The maximum absolute atomic E-state index is 6.18. The molecule has 0 aliphatic heterocycles. The largest absolute Gasteiger partial charge is 0.456 e. The molecule has 3 aromatic heterocycles. The average molecular weight is 567 g/mol. The quantitative estimate of drug-likeness (QED) is 0.214. The number of nitrogens with zero attached hydrogens (tertiary/aromatic N) is 4. The third-order valence-electron chi connectivity index (χ3n) is 7.13. The molecule has 0 N–H and O–H groups in total. The SMILES string of the molecule is Brc1ccc2c(c1)c1ccccc1n2-c1nc(-c2ccccc2)nc(-c2ccc3c(c2)oc2ccccc23)n1. The van der Waals surface area contributed by atoms with Crippen LogP contribution in [0.3, 0.4) is 0 Å². The molecule has 5 aromatic carbocycles. The molecule has 0 aliphatic rings. The monoisotopic (exact) mass is 566 g/mol. The van der Waals surface area contributed by atoms with Crippen LogP contribution < -0.4 is 0 Å². The van der Waals surface area contributed by atoms with Crippen molar-refractivity contribution in [3.63, 3.8) is 0 Å². The van der Waals surface area contributed by atoms with E-state index in [2.05, 4.69) is 69.0 Å². The van der Waals surface area contributed by atoms with Gasteiger partial charge in [-0.15, -0.1) is 0 Å². The van der Waals surface area contributed by atoms with Crippen LogP contribution in [0.4, 0.5) is 0 Å². The molecule has 0 aliphatic carbocycles. The lowest BCUT2D eigenvalue weighted by Gasteiger charge is -2.11. The van der Waals surface area contributed by atoms with Gasteiger partial charge in [-0.05, 0) is 42.5 Å². The summed E-state index contributed by atoms with van der Waals surface area (Å²) >= 11 is 3.64. The number of benzene rings is 5. The fourth-order valence-electron chi connectivity index (χ4n) is 5.34. The Bertz CT molecular complexity index is 2200. The van der Waals surface area contributed by atoms with E-state index in [4.69, 9.17) is 19.4 Å². The van der Waals surface area contributed by atoms with Gasteiger partial charge >= 0.3 is 0 Å². The molecule has 8 rings (SSSR count). The van der Waals surface area contributed by atoms with Crippen LogP contribution in [-0.2, 0) is 0 Å². The second-order valence-electron chi connectivity index (χ2n) is 9.47. The minimum Gasteiger partial charge on any atom is -0.456 e. The zero-order valence-electron chi connectivity index (χ0n) is 20.5. The first-order valence-corrected chi connectivity index (χ1v) is 13.4. The molecule has 0 fully saturated rings. The van der Waals surface area contributed by atoms with E-state index < -0.39 is 0 Å². The number of furan rings is 1. The summed E-state index contributed by atoms with van der Waals surface area (Å²) in [6, 6.07) is 38.9. The number of aromatic nitrogens is 4. The van der Waals surface area contributed by atoms with Gasteiger partial charge < -0.3 is 4.42 Å². The number of halogens is 1.